The number of fused-ring (bicyclic) bond motifs is 1. The summed E-state index contributed by atoms with van der Waals surface area (Å²) in [7, 11) is 0. The van der Waals surface area contributed by atoms with Gasteiger partial charge in [-0.25, -0.2) is 4.98 Å². The molecule has 0 radical (unpaired) electrons. The molecule has 0 bridgehead atoms. The van der Waals surface area contributed by atoms with Crippen LogP contribution >= 0.6 is 0 Å². The van der Waals surface area contributed by atoms with Gasteiger partial charge in [0.05, 0.1) is 24.9 Å². The van der Waals surface area contributed by atoms with Crippen LogP contribution < -0.4 is 9.64 Å². The molecule has 1 amide bonds. The summed E-state index contributed by atoms with van der Waals surface area (Å²) in [6.07, 6.45) is 8.31. The molecule has 0 spiro atoms. The van der Waals surface area contributed by atoms with E-state index in [0.29, 0.717) is 43.5 Å². The molecule has 31 heavy (non-hydrogen) atoms. The molecule has 2 aliphatic rings. The highest BCUT2D eigenvalue weighted by Crippen LogP contribution is 2.32. The molecule has 1 fully saturated rings. The van der Waals surface area contributed by atoms with Crippen molar-refractivity contribution in [2.24, 2.45) is 0 Å². The molecule has 0 aliphatic carbocycles. The lowest BCUT2D eigenvalue weighted by Gasteiger charge is -2.30. The summed E-state index contributed by atoms with van der Waals surface area (Å²) in [5.74, 6) is 1.94. The Kier molecular flexibility index (Phi) is 5.43. The van der Waals surface area contributed by atoms with E-state index in [2.05, 4.69) is 14.9 Å². The van der Waals surface area contributed by atoms with Gasteiger partial charge in [-0.1, -0.05) is 6.07 Å². The Balaban J connectivity index is 1.42. The molecular weight excluding hydrogens is 392 g/mol. The lowest BCUT2D eigenvalue weighted by molar-refractivity contribution is -0.131. The number of aromatic nitrogens is 4. The Morgan fingerprint density at radius 3 is 2.71 bits per heavy atom. The zero-order valence-electron chi connectivity index (χ0n) is 17.3. The number of nitrogens with zero attached hydrogens (tertiary/aromatic N) is 6. The monoisotopic (exact) mass is 416 g/mol. The van der Waals surface area contributed by atoms with Gasteiger partial charge >= 0.3 is 0 Å². The van der Waals surface area contributed by atoms with Crippen molar-refractivity contribution in [3.05, 3.63) is 65.9 Å². The van der Waals surface area contributed by atoms with E-state index in [9.17, 15) is 4.79 Å². The zero-order chi connectivity index (χ0) is 21.0. The topological polar surface area (TPSA) is 84.3 Å². The van der Waals surface area contributed by atoms with Crippen molar-refractivity contribution in [3.8, 4) is 11.6 Å². The van der Waals surface area contributed by atoms with Crippen LogP contribution in [0.5, 0.6) is 11.6 Å². The van der Waals surface area contributed by atoms with Crippen molar-refractivity contribution in [3.63, 3.8) is 0 Å². The van der Waals surface area contributed by atoms with Gasteiger partial charge in [-0.2, -0.15) is 4.98 Å². The number of carbonyl (C=O) groups excluding carboxylic acids is 1. The predicted octanol–water partition coefficient (Wildman–Crippen LogP) is 2.79. The summed E-state index contributed by atoms with van der Waals surface area (Å²) in [6, 6.07) is 9.33. The summed E-state index contributed by atoms with van der Waals surface area (Å²) < 4.78 is 6.11. The molecule has 5 heterocycles. The average Bonchev–Trinajstić information content (AvgIpc) is 3.35. The lowest BCUT2D eigenvalue weighted by atomic mass is 10.1. The predicted molar refractivity (Wildman–Crippen MR) is 115 cm³/mol. The van der Waals surface area contributed by atoms with Crippen LogP contribution in [-0.4, -0.2) is 50.4 Å². The zero-order valence-corrected chi connectivity index (χ0v) is 17.3. The number of amides is 1. The maximum atomic E-state index is 12.9. The van der Waals surface area contributed by atoms with Gasteiger partial charge in [0.25, 0.3) is 0 Å². The first-order valence-corrected chi connectivity index (χ1v) is 10.7. The smallest absolute Gasteiger partial charge is 0.228 e. The fourth-order valence-electron chi connectivity index (χ4n) is 4.03. The maximum Gasteiger partial charge on any atom is 0.228 e. The van der Waals surface area contributed by atoms with E-state index in [1.165, 1.54) is 0 Å². The van der Waals surface area contributed by atoms with Gasteiger partial charge in [0, 0.05) is 43.3 Å². The minimum atomic E-state index is 0.0559. The first-order valence-electron chi connectivity index (χ1n) is 10.7. The van der Waals surface area contributed by atoms with Crippen LogP contribution in [0.3, 0.4) is 0 Å². The summed E-state index contributed by atoms with van der Waals surface area (Å²) >= 11 is 0. The van der Waals surface area contributed by atoms with Crippen LogP contribution in [0.4, 0.5) is 5.95 Å². The standard InChI is InChI=1S/C23H24N6O2/c30-21(14-17-6-1-2-10-25-17)29-13-8-19-20(16-29)26-23(28-11-3-4-12-28)27-22(19)31-18-7-5-9-24-15-18/h1-2,5-7,9-10,15H,3-4,8,11-14,16H2. The summed E-state index contributed by atoms with van der Waals surface area (Å²) in [6.45, 7) is 2.93. The molecule has 0 saturated carbocycles. The molecule has 0 N–H and O–H groups in total. The van der Waals surface area contributed by atoms with E-state index in [1.54, 1.807) is 18.6 Å². The minimum Gasteiger partial charge on any atom is -0.437 e. The molecule has 0 atom stereocenters. The van der Waals surface area contributed by atoms with Crippen LogP contribution in [0.1, 0.15) is 29.8 Å². The van der Waals surface area contributed by atoms with E-state index in [-0.39, 0.29) is 5.91 Å². The number of rotatable bonds is 5. The normalized spacial score (nSPS) is 15.6. The Morgan fingerprint density at radius 1 is 1.03 bits per heavy atom. The third-order valence-electron chi connectivity index (χ3n) is 5.66. The Hall–Kier alpha value is -3.55. The third kappa shape index (κ3) is 4.33. The van der Waals surface area contributed by atoms with Crippen molar-refractivity contribution < 1.29 is 9.53 Å². The van der Waals surface area contributed by atoms with Crippen LogP contribution in [0.15, 0.2) is 48.9 Å². The summed E-state index contributed by atoms with van der Waals surface area (Å²) in [4.78, 5) is 34.9. The van der Waals surface area contributed by atoms with Gasteiger partial charge in [-0.3, -0.25) is 14.8 Å². The first-order chi connectivity index (χ1) is 15.3. The fourth-order valence-corrected chi connectivity index (χ4v) is 4.03. The van der Waals surface area contributed by atoms with Crippen LogP contribution in [-0.2, 0) is 24.2 Å². The van der Waals surface area contributed by atoms with E-state index in [0.717, 1.165) is 42.9 Å². The van der Waals surface area contributed by atoms with E-state index >= 15 is 0 Å². The highest BCUT2D eigenvalue weighted by molar-refractivity contribution is 5.78. The molecule has 5 rings (SSSR count). The second kappa shape index (κ2) is 8.67. The molecular formula is C23H24N6O2. The lowest BCUT2D eigenvalue weighted by Crippen LogP contribution is -2.38. The van der Waals surface area contributed by atoms with Gasteiger partial charge < -0.3 is 14.5 Å². The van der Waals surface area contributed by atoms with Crippen LogP contribution in [0.25, 0.3) is 0 Å². The highest BCUT2D eigenvalue weighted by Gasteiger charge is 2.28. The number of anilines is 1. The maximum absolute atomic E-state index is 12.9. The van der Waals surface area contributed by atoms with Crippen LogP contribution in [0.2, 0.25) is 0 Å². The Bertz CT molecular complexity index is 1050. The van der Waals surface area contributed by atoms with Crippen molar-refractivity contribution in [2.45, 2.75) is 32.2 Å². The van der Waals surface area contributed by atoms with Gasteiger partial charge in [-0.05, 0) is 43.5 Å². The van der Waals surface area contributed by atoms with E-state index in [1.807, 2.05) is 35.2 Å². The average molecular weight is 416 g/mol. The van der Waals surface area contributed by atoms with Crippen molar-refractivity contribution in [1.82, 2.24) is 24.8 Å². The van der Waals surface area contributed by atoms with E-state index in [4.69, 9.17) is 14.7 Å². The second-order valence-electron chi connectivity index (χ2n) is 7.80. The molecule has 3 aromatic heterocycles. The number of hydrogen-bond donors (Lipinski definition) is 0. The van der Waals surface area contributed by atoms with E-state index < -0.39 is 0 Å². The Morgan fingerprint density at radius 2 is 1.94 bits per heavy atom. The largest absolute Gasteiger partial charge is 0.437 e. The third-order valence-corrected chi connectivity index (χ3v) is 5.66. The van der Waals surface area contributed by atoms with Gasteiger partial charge in [0.2, 0.25) is 17.7 Å². The highest BCUT2D eigenvalue weighted by atomic mass is 16.5. The molecule has 158 valence electrons. The van der Waals surface area contributed by atoms with Gasteiger partial charge in [-0.15, -0.1) is 0 Å². The number of carbonyl (C=O) groups is 1. The number of pyridine rings is 2. The molecule has 0 aromatic carbocycles. The van der Waals surface area contributed by atoms with Crippen molar-refractivity contribution in [2.75, 3.05) is 24.5 Å². The first kappa shape index (κ1) is 19.4. The van der Waals surface area contributed by atoms with Crippen molar-refractivity contribution >= 4 is 11.9 Å². The number of ether oxygens (including phenoxy) is 1. The molecule has 3 aromatic rings. The molecule has 8 nitrogen and oxygen atoms in total. The second-order valence-corrected chi connectivity index (χ2v) is 7.80. The van der Waals surface area contributed by atoms with Gasteiger partial charge in [0.1, 0.15) is 5.75 Å². The fraction of sp³-hybridized carbons (Fsp3) is 0.348. The summed E-state index contributed by atoms with van der Waals surface area (Å²) in [5, 5.41) is 0. The molecule has 1 saturated heterocycles. The Labute approximate surface area is 180 Å². The minimum absolute atomic E-state index is 0.0559. The van der Waals surface area contributed by atoms with Crippen molar-refractivity contribution in [1.29, 1.82) is 0 Å². The van der Waals surface area contributed by atoms with Crippen LogP contribution in [0, 0.1) is 0 Å². The molecule has 0 unspecified atom stereocenters. The quantitative estimate of drug-likeness (QED) is 0.632. The molecule has 8 heteroatoms. The SMILES string of the molecule is O=C(Cc1ccccn1)N1CCc2c(nc(N3CCCC3)nc2Oc2cccnc2)C1. The summed E-state index contributed by atoms with van der Waals surface area (Å²) in [5.41, 5.74) is 2.60. The number of hydrogen-bond acceptors (Lipinski definition) is 7. The molecule has 2 aliphatic heterocycles. The van der Waals surface area contributed by atoms with Gasteiger partial charge in [0.15, 0.2) is 0 Å².